The Bertz CT molecular complexity index is 708. The summed E-state index contributed by atoms with van der Waals surface area (Å²) >= 11 is 0. The van der Waals surface area contributed by atoms with Crippen LogP contribution >= 0.6 is 0 Å². The van der Waals surface area contributed by atoms with E-state index < -0.39 is 11.7 Å². The lowest BCUT2D eigenvalue weighted by atomic mass is 9.90. The Morgan fingerprint density at radius 1 is 1.28 bits per heavy atom. The summed E-state index contributed by atoms with van der Waals surface area (Å²) in [5.74, 6) is 0.621. The molecule has 1 N–H and O–H groups in total. The van der Waals surface area contributed by atoms with Crippen molar-refractivity contribution in [3.63, 3.8) is 0 Å². The first-order chi connectivity index (χ1) is 11.9. The quantitative estimate of drug-likeness (QED) is 0.901. The number of rotatable bonds is 3. The van der Waals surface area contributed by atoms with E-state index in [4.69, 9.17) is 0 Å². The van der Waals surface area contributed by atoms with Gasteiger partial charge in [-0.1, -0.05) is 23.4 Å². The minimum absolute atomic E-state index is 0.244. The van der Waals surface area contributed by atoms with E-state index in [9.17, 15) is 18.0 Å². The molecule has 134 valence electrons. The van der Waals surface area contributed by atoms with Crippen LogP contribution in [-0.4, -0.2) is 29.2 Å². The molecule has 0 radical (unpaired) electrons. The highest BCUT2D eigenvalue weighted by atomic mass is 19.4. The summed E-state index contributed by atoms with van der Waals surface area (Å²) in [4.78, 5) is 13.8. The third-order valence-corrected chi connectivity index (χ3v) is 4.35. The minimum atomic E-state index is -4.32. The van der Waals surface area contributed by atoms with Gasteiger partial charge in [-0.2, -0.15) is 13.2 Å². The topological polar surface area (TPSA) is 58.4 Å². The number of piperidine rings is 1. The number of halogens is 3. The Hall–Kier alpha value is -2.51. The van der Waals surface area contributed by atoms with Crippen LogP contribution in [0.25, 0.3) is 0 Å². The van der Waals surface area contributed by atoms with Gasteiger partial charge in [-0.15, -0.1) is 0 Å². The van der Waals surface area contributed by atoms with Crippen molar-refractivity contribution in [1.82, 2.24) is 10.1 Å². The van der Waals surface area contributed by atoms with Crippen molar-refractivity contribution in [2.75, 3.05) is 18.4 Å². The van der Waals surface area contributed by atoms with Crippen molar-refractivity contribution < 1.29 is 22.5 Å². The number of hydrogen-bond acceptors (Lipinski definition) is 3. The fourth-order valence-corrected chi connectivity index (χ4v) is 3.01. The molecule has 25 heavy (non-hydrogen) atoms. The number of carbonyl (C=O) groups is 1. The van der Waals surface area contributed by atoms with E-state index >= 15 is 0 Å². The van der Waals surface area contributed by atoms with Gasteiger partial charge < -0.3 is 9.42 Å². The van der Waals surface area contributed by atoms with Crippen molar-refractivity contribution in [3.8, 4) is 0 Å². The van der Waals surface area contributed by atoms with E-state index in [0.717, 1.165) is 18.9 Å². The number of anilines is 1. The van der Waals surface area contributed by atoms with Crippen molar-refractivity contribution in [2.45, 2.75) is 25.4 Å². The fourth-order valence-electron chi connectivity index (χ4n) is 3.01. The smallest absolute Gasteiger partial charge is 0.363 e. The Kier molecular flexibility index (Phi) is 4.96. The molecule has 0 saturated carbocycles. The number of hydrogen-bond donors (Lipinski definition) is 1. The Labute approximate surface area is 142 Å². The lowest BCUT2D eigenvalue weighted by Crippen LogP contribution is -2.41. The molecule has 0 unspecified atom stereocenters. The van der Waals surface area contributed by atoms with Crippen LogP contribution in [0.2, 0.25) is 0 Å². The van der Waals surface area contributed by atoms with E-state index in [1.54, 1.807) is 17.0 Å². The minimum Gasteiger partial charge on any atom is -0.363 e. The fraction of sp³-hybridized carbons (Fsp3) is 0.412. The van der Waals surface area contributed by atoms with Crippen LogP contribution in [-0.2, 0) is 12.6 Å². The van der Waals surface area contributed by atoms with Gasteiger partial charge in [0.05, 0.1) is 5.56 Å². The number of nitrogens with zero attached hydrogens (tertiary/aromatic N) is 2. The SMILES string of the molecule is O=C(Nc1ccon1)N1CCC(Cc2cccc(C(F)(F)F)c2)CC1. The normalized spacial score (nSPS) is 16.0. The van der Waals surface area contributed by atoms with Crippen molar-refractivity contribution in [2.24, 2.45) is 5.92 Å². The van der Waals surface area contributed by atoms with Gasteiger partial charge in [0.25, 0.3) is 0 Å². The Morgan fingerprint density at radius 3 is 2.68 bits per heavy atom. The van der Waals surface area contributed by atoms with Gasteiger partial charge in [0, 0.05) is 19.2 Å². The second-order valence-corrected chi connectivity index (χ2v) is 6.15. The predicted octanol–water partition coefficient (Wildman–Crippen LogP) is 4.18. The lowest BCUT2D eigenvalue weighted by Gasteiger charge is -2.31. The summed E-state index contributed by atoms with van der Waals surface area (Å²) in [5, 5.41) is 6.26. The van der Waals surface area contributed by atoms with E-state index in [-0.39, 0.29) is 11.9 Å². The molecule has 0 aliphatic carbocycles. The molecule has 2 amide bonds. The molecular weight excluding hydrogens is 335 g/mol. The number of amides is 2. The van der Waals surface area contributed by atoms with E-state index in [0.29, 0.717) is 30.9 Å². The number of aromatic nitrogens is 1. The van der Waals surface area contributed by atoms with Crippen LogP contribution in [0.15, 0.2) is 41.1 Å². The van der Waals surface area contributed by atoms with Crippen LogP contribution in [0.4, 0.5) is 23.8 Å². The molecule has 1 aromatic heterocycles. The molecular formula is C17H18F3N3O2. The van der Waals surface area contributed by atoms with Crippen LogP contribution < -0.4 is 5.32 Å². The number of benzene rings is 1. The van der Waals surface area contributed by atoms with Crippen molar-refractivity contribution in [1.29, 1.82) is 0 Å². The molecule has 0 atom stereocenters. The molecule has 0 spiro atoms. The van der Waals surface area contributed by atoms with Crippen LogP contribution in [0.5, 0.6) is 0 Å². The molecule has 8 heteroatoms. The zero-order valence-electron chi connectivity index (χ0n) is 13.4. The molecule has 2 heterocycles. The van der Waals surface area contributed by atoms with Gasteiger partial charge >= 0.3 is 12.2 Å². The highest BCUT2D eigenvalue weighted by Crippen LogP contribution is 2.31. The summed E-state index contributed by atoms with van der Waals surface area (Å²) in [7, 11) is 0. The second kappa shape index (κ2) is 7.16. The number of urea groups is 1. The third kappa shape index (κ3) is 4.52. The van der Waals surface area contributed by atoms with Gasteiger partial charge in [-0.3, -0.25) is 5.32 Å². The van der Waals surface area contributed by atoms with Gasteiger partial charge in [0.1, 0.15) is 6.26 Å². The first kappa shape index (κ1) is 17.3. The molecule has 1 saturated heterocycles. The monoisotopic (exact) mass is 353 g/mol. The largest absolute Gasteiger partial charge is 0.416 e. The summed E-state index contributed by atoms with van der Waals surface area (Å²) in [6, 6.07) is 6.77. The van der Waals surface area contributed by atoms with E-state index in [1.165, 1.54) is 18.4 Å². The maximum Gasteiger partial charge on any atom is 0.416 e. The summed E-state index contributed by atoms with van der Waals surface area (Å²) in [6.07, 6.45) is -0.858. The molecule has 2 aromatic rings. The van der Waals surface area contributed by atoms with Gasteiger partial charge in [0.15, 0.2) is 5.82 Å². The summed E-state index contributed by atoms with van der Waals surface area (Å²) in [6.45, 7) is 1.13. The van der Waals surface area contributed by atoms with Gasteiger partial charge in [0.2, 0.25) is 0 Å². The molecule has 0 bridgehead atoms. The average Bonchev–Trinajstić information content (AvgIpc) is 3.08. The maximum atomic E-state index is 12.8. The highest BCUT2D eigenvalue weighted by Gasteiger charge is 2.30. The maximum absolute atomic E-state index is 12.8. The number of carbonyl (C=O) groups excluding carboxylic acids is 1. The summed E-state index contributed by atoms with van der Waals surface area (Å²) in [5.41, 5.74) is 0.0646. The molecule has 5 nitrogen and oxygen atoms in total. The molecule has 3 rings (SSSR count). The second-order valence-electron chi connectivity index (χ2n) is 6.15. The third-order valence-electron chi connectivity index (χ3n) is 4.35. The Morgan fingerprint density at radius 2 is 2.04 bits per heavy atom. The van der Waals surface area contributed by atoms with E-state index in [1.807, 2.05) is 0 Å². The molecule has 1 aliphatic rings. The van der Waals surface area contributed by atoms with Crippen LogP contribution in [0.1, 0.15) is 24.0 Å². The van der Waals surface area contributed by atoms with Crippen molar-refractivity contribution >= 4 is 11.8 Å². The number of likely N-dealkylation sites (tertiary alicyclic amines) is 1. The zero-order chi connectivity index (χ0) is 17.9. The van der Waals surface area contributed by atoms with Crippen molar-refractivity contribution in [3.05, 3.63) is 47.7 Å². The van der Waals surface area contributed by atoms with Crippen LogP contribution in [0.3, 0.4) is 0 Å². The van der Waals surface area contributed by atoms with Gasteiger partial charge in [-0.25, -0.2) is 4.79 Å². The first-order valence-electron chi connectivity index (χ1n) is 8.04. The van der Waals surface area contributed by atoms with Crippen LogP contribution in [0, 0.1) is 5.92 Å². The average molecular weight is 353 g/mol. The number of nitrogens with one attached hydrogen (secondary N) is 1. The van der Waals surface area contributed by atoms with Gasteiger partial charge in [-0.05, 0) is 36.8 Å². The molecule has 1 fully saturated rings. The molecule has 1 aromatic carbocycles. The number of alkyl halides is 3. The zero-order valence-corrected chi connectivity index (χ0v) is 13.4. The summed E-state index contributed by atoms with van der Waals surface area (Å²) < 4.78 is 43.0. The predicted molar refractivity (Wildman–Crippen MR) is 85.0 cm³/mol. The molecule has 1 aliphatic heterocycles. The van der Waals surface area contributed by atoms with E-state index in [2.05, 4.69) is 15.0 Å². The first-order valence-corrected chi connectivity index (χ1v) is 8.04. The standard InChI is InChI=1S/C17H18F3N3O2/c18-17(19,20)14-3-1-2-13(11-14)10-12-4-7-23(8-5-12)16(24)21-15-6-9-25-22-15/h1-3,6,9,11-12H,4-5,7-8,10H2,(H,21,22,24). The Balaban J connectivity index is 1.52. The highest BCUT2D eigenvalue weighted by molar-refractivity contribution is 5.88. The lowest BCUT2D eigenvalue weighted by molar-refractivity contribution is -0.137.